The van der Waals surface area contributed by atoms with Crippen LogP contribution >= 0.6 is 0 Å². The van der Waals surface area contributed by atoms with Crippen LogP contribution < -0.4 is 4.74 Å². The summed E-state index contributed by atoms with van der Waals surface area (Å²) in [4.78, 5) is 4.52. The predicted octanol–water partition coefficient (Wildman–Crippen LogP) is 5.97. The fourth-order valence-corrected chi connectivity index (χ4v) is 3.83. The number of nitrogens with zero attached hydrogens (tertiary/aromatic N) is 1. The van der Waals surface area contributed by atoms with Gasteiger partial charge in [-0.2, -0.15) is 0 Å². The number of ether oxygens (including phenoxy) is 1. The van der Waals surface area contributed by atoms with Gasteiger partial charge < -0.3 is 4.74 Å². The quantitative estimate of drug-likeness (QED) is 0.675. The molecule has 1 saturated carbocycles. The number of aromatic nitrogens is 1. The molecule has 24 heavy (non-hydrogen) atoms. The Morgan fingerprint density at radius 2 is 1.92 bits per heavy atom. The minimum atomic E-state index is -0.297. The Kier molecular flexibility index (Phi) is 5.49. The van der Waals surface area contributed by atoms with Crippen LogP contribution in [0.4, 0.5) is 4.39 Å². The molecule has 1 heterocycles. The summed E-state index contributed by atoms with van der Waals surface area (Å²) in [5, 5.41) is 0. The number of hydrogen-bond donors (Lipinski definition) is 0. The molecule has 0 spiro atoms. The Morgan fingerprint density at radius 3 is 2.50 bits per heavy atom. The lowest BCUT2D eigenvalue weighted by Crippen LogP contribution is -2.13. The fraction of sp³-hybridized carbons (Fsp3) is 0.476. The van der Waals surface area contributed by atoms with E-state index in [2.05, 4.69) is 18.0 Å². The number of rotatable bonds is 5. The van der Waals surface area contributed by atoms with E-state index in [0.29, 0.717) is 22.9 Å². The Labute approximate surface area is 144 Å². The highest BCUT2D eigenvalue weighted by atomic mass is 19.1. The first-order chi connectivity index (χ1) is 11.7. The lowest BCUT2D eigenvalue weighted by atomic mass is 9.77. The van der Waals surface area contributed by atoms with Crippen LogP contribution in [0.2, 0.25) is 0 Å². The van der Waals surface area contributed by atoms with Gasteiger partial charge in [0.05, 0.1) is 12.8 Å². The highest BCUT2D eigenvalue weighted by Crippen LogP contribution is 2.37. The average Bonchev–Trinajstić information content (AvgIpc) is 2.63. The van der Waals surface area contributed by atoms with Gasteiger partial charge in [0.2, 0.25) is 0 Å². The predicted molar refractivity (Wildman–Crippen MR) is 95.8 cm³/mol. The van der Waals surface area contributed by atoms with E-state index < -0.39 is 0 Å². The van der Waals surface area contributed by atoms with Gasteiger partial charge in [-0.1, -0.05) is 25.8 Å². The minimum Gasteiger partial charge on any atom is -0.497 e. The number of halogens is 1. The molecule has 1 aromatic carbocycles. The third kappa shape index (κ3) is 3.77. The maximum atomic E-state index is 14.2. The standard InChI is InChI=1S/C21H26FNO/c1-3-4-15-5-7-16(8-6-15)17-9-12-21(23-14-17)19-11-10-18(24-2)13-20(19)22/h9-16H,3-8H2,1-2H3. The first kappa shape index (κ1) is 16.9. The van der Waals surface area contributed by atoms with Crippen LogP contribution in [-0.4, -0.2) is 12.1 Å². The van der Waals surface area contributed by atoms with E-state index in [1.165, 1.54) is 57.3 Å². The van der Waals surface area contributed by atoms with Gasteiger partial charge in [-0.3, -0.25) is 4.98 Å². The van der Waals surface area contributed by atoms with Gasteiger partial charge in [0, 0.05) is 17.8 Å². The van der Waals surface area contributed by atoms with E-state index in [9.17, 15) is 4.39 Å². The Balaban J connectivity index is 1.70. The molecule has 0 atom stereocenters. The first-order valence-corrected chi connectivity index (χ1v) is 9.01. The Hall–Kier alpha value is -1.90. The van der Waals surface area contributed by atoms with Crippen LogP contribution in [0.5, 0.6) is 5.75 Å². The molecule has 128 valence electrons. The molecule has 1 aliphatic carbocycles. The molecule has 2 aromatic rings. The second-order valence-electron chi connectivity index (χ2n) is 6.83. The second-order valence-corrected chi connectivity index (χ2v) is 6.83. The maximum absolute atomic E-state index is 14.2. The molecular formula is C21H26FNO. The van der Waals surface area contributed by atoms with Gasteiger partial charge in [-0.15, -0.1) is 0 Å². The zero-order valence-electron chi connectivity index (χ0n) is 14.6. The van der Waals surface area contributed by atoms with E-state index >= 15 is 0 Å². The summed E-state index contributed by atoms with van der Waals surface area (Å²) in [5.74, 6) is 1.75. The van der Waals surface area contributed by atoms with Crippen molar-refractivity contribution in [3.05, 3.63) is 47.9 Å². The Morgan fingerprint density at radius 1 is 1.12 bits per heavy atom. The molecule has 0 saturated heterocycles. The van der Waals surface area contributed by atoms with Gasteiger partial charge in [-0.05, 0) is 61.3 Å². The van der Waals surface area contributed by atoms with Crippen molar-refractivity contribution in [1.29, 1.82) is 0 Å². The minimum absolute atomic E-state index is 0.297. The summed E-state index contributed by atoms with van der Waals surface area (Å²) in [6, 6.07) is 8.96. The molecule has 1 aliphatic rings. The van der Waals surface area contributed by atoms with Crippen molar-refractivity contribution >= 4 is 0 Å². The van der Waals surface area contributed by atoms with Crippen LogP contribution in [0.25, 0.3) is 11.3 Å². The van der Waals surface area contributed by atoms with E-state index in [4.69, 9.17) is 4.74 Å². The maximum Gasteiger partial charge on any atom is 0.136 e. The zero-order valence-corrected chi connectivity index (χ0v) is 14.6. The third-order valence-corrected chi connectivity index (χ3v) is 5.25. The van der Waals surface area contributed by atoms with E-state index in [0.717, 1.165) is 5.92 Å². The summed E-state index contributed by atoms with van der Waals surface area (Å²) in [7, 11) is 1.54. The van der Waals surface area contributed by atoms with E-state index in [1.807, 2.05) is 12.3 Å². The van der Waals surface area contributed by atoms with Crippen molar-refractivity contribution in [3.8, 4) is 17.0 Å². The summed E-state index contributed by atoms with van der Waals surface area (Å²) in [5.41, 5.74) is 2.50. The van der Waals surface area contributed by atoms with Crippen molar-refractivity contribution in [3.63, 3.8) is 0 Å². The van der Waals surface area contributed by atoms with Gasteiger partial charge in [0.15, 0.2) is 0 Å². The molecular weight excluding hydrogens is 301 g/mol. The average molecular weight is 327 g/mol. The number of methoxy groups -OCH3 is 1. The van der Waals surface area contributed by atoms with Crippen LogP contribution in [0.15, 0.2) is 36.5 Å². The largest absolute Gasteiger partial charge is 0.497 e. The van der Waals surface area contributed by atoms with Crippen LogP contribution in [0.1, 0.15) is 56.9 Å². The highest BCUT2D eigenvalue weighted by Gasteiger charge is 2.22. The van der Waals surface area contributed by atoms with Gasteiger partial charge in [0.25, 0.3) is 0 Å². The third-order valence-electron chi connectivity index (χ3n) is 5.25. The summed E-state index contributed by atoms with van der Waals surface area (Å²) in [6.45, 7) is 2.27. The normalized spacial score (nSPS) is 20.8. The zero-order chi connectivity index (χ0) is 16.9. The number of hydrogen-bond acceptors (Lipinski definition) is 2. The van der Waals surface area contributed by atoms with Gasteiger partial charge in [0.1, 0.15) is 11.6 Å². The van der Waals surface area contributed by atoms with Crippen LogP contribution in [0, 0.1) is 11.7 Å². The molecule has 0 aliphatic heterocycles. The van der Waals surface area contributed by atoms with Crippen molar-refractivity contribution in [2.24, 2.45) is 5.92 Å². The van der Waals surface area contributed by atoms with Crippen molar-refractivity contribution < 1.29 is 9.13 Å². The van der Waals surface area contributed by atoms with Gasteiger partial charge in [-0.25, -0.2) is 4.39 Å². The molecule has 2 nitrogen and oxygen atoms in total. The molecule has 1 aromatic heterocycles. The van der Waals surface area contributed by atoms with Gasteiger partial charge >= 0.3 is 0 Å². The summed E-state index contributed by atoms with van der Waals surface area (Å²) < 4.78 is 19.2. The molecule has 3 heteroatoms. The molecule has 0 bridgehead atoms. The fourth-order valence-electron chi connectivity index (χ4n) is 3.83. The Bertz CT molecular complexity index is 660. The SMILES string of the molecule is CCCC1CCC(c2ccc(-c3ccc(OC)cc3F)nc2)CC1. The van der Waals surface area contributed by atoms with Crippen LogP contribution in [-0.2, 0) is 0 Å². The van der Waals surface area contributed by atoms with E-state index in [-0.39, 0.29) is 5.82 Å². The second kappa shape index (κ2) is 7.78. The topological polar surface area (TPSA) is 22.1 Å². The summed E-state index contributed by atoms with van der Waals surface area (Å²) in [6.07, 6.45) is 9.75. The first-order valence-electron chi connectivity index (χ1n) is 9.01. The van der Waals surface area contributed by atoms with Crippen molar-refractivity contribution in [2.75, 3.05) is 7.11 Å². The lowest BCUT2D eigenvalue weighted by Gasteiger charge is -2.28. The van der Waals surface area contributed by atoms with Crippen molar-refractivity contribution in [2.45, 2.75) is 51.4 Å². The molecule has 0 radical (unpaired) electrons. The number of pyridine rings is 1. The van der Waals surface area contributed by atoms with Crippen molar-refractivity contribution in [1.82, 2.24) is 4.98 Å². The highest BCUT2D eigenvalue weighted by molar-refractivity contribution is 5.61. The molecule has 1 fully saturated rings. The molecule has 0 N–H and O–H groups in total. The van der Waals surface area contributed by atoms with Crippen LogP contribution in [0.3, 0.4) is 0 Å². The molecule has 3 rings (SSSR count). The lowest BCUT2D eigenvalue weighted by molar-refractivity contribution is 0.308. The molecule has 0 amide bonds. The smallest absolute Gasteiger partial charge is 0.136 e. The number of benzene rings is 1. The van der Waals surface area contributed by atoms with E-state index in [1.54, 1.807) is 12.1 Å². The molecule has 0 unspecified atom stereocenters. The monoisotopic (exact) mass is 327 g/mol. The summed E-state index contributed by atoms with van der Waals surface area (Å²) >= 11 is 0.